The van der Waals surface area contributed by atoms with E-state index < -0.39 is 0 Å². The second-order valence-electron chi connectivity index (χ2n) is 8.58. The first-order valence-corrected chi connectivity index (χ1v) is 12.3. The Kier molecular flexibility index (Phi) is 5.49. The Bertz CT molecular complexity index is 1150. The van der Waals surface area contributed by atoms with Gasteiger partial charge in [-0.1, -0.05) is 24.8 Å². The molecular formula is C26H30N4OS. The van der Waals surface area contributed by atoms with E-state index in [1.54, 1.807) is 7.11 Å². The SMILES string of the molecule is CC[C@@H]1CSC2=N[C@H](c3ccccn3)[C@@H](c3c(C)c(C)n(-c4ccc(OC)cc4)c3C)N21. The van der Waals surface area contributed by atoms with Crippen LogP contribution in [0.2, 0.25) is 0 Å². The van der Waals surface area contributed by atoms with Crippen LogP contribution in [0.15, 0.2) is 53.7 Å². The minimum atomic E-state index is 0.0107. The molecule has 0 spiro atoms. The zero-order valence-electron chi connectivity index (χ0n) is 19.4. The lowest BCUT2D eigenvalue weighted by Gasteiger charge is -2.32. The van der Waals surface area contributed by atoms with Gasteiger partial charge in [0.05, 0.1) is 18.8 Å². The number of methoxy groups -OCH3 is 1. The van der Waals surface area contributed by atoms with Crippen LogP contribution in [-0.2, 0) is 0 Å². The van der Waals surface area contributed by atoms with Crippen LogP contribution in [0.1, 0.15) is 53.6 Å². The molecule has 1 aromatic carbocycles. The maximum atomic E-state index is 5.37. The number of fused-ring (bicyclic) bond motifs is 1. The third-order valence-electron chi connectivity index (χ3n) is 6.96. The fraction of sp³-hybridized carbons (Fsp3) is 0.385. The molecule has 2 aliphatic heterocycles. The van der Waals surface area contributed by atoms with Crippen molar-refractivity contribution in [3.63, 3.8) is 0 Å². The third kappa shape index (κ3) is 3.24. The summed E-state index contributed by atoms with van der Waals surface area (Å²) in [5.41, 5.74) is 7.48. The lowest BCUT2D eigenvalue weighted by atomic mass is 9.92. The maximum absolute atomic E-state index is 5.37. The first kappa shape index (κ1) is 21.1. The van der Waals surface area contributed by atoms with Crippen molar-refractivity contribution in [3.8, 4) is 11.4 Å². The van der Waals surface area contributed by atoms with Crippen molar-refractivity contribution >= 4 is 16.9 Å². The fourth-order valence-electron chi connectivity index (χ4n) is 5.22. The molecule has 0 unspecified atom stereocenters. The monoisotopic (exact) mass is 446 g/mol. The van der Waals surface area contributed by atoms with Gasteiger partial charge >= 0.3 is 0 Å². The number of benzene rings is 1. The van der Waals surface area contributed by atoms with Crippen molar-refractivity contribution in [3.05, 3.63) is 76.9 Å². The lowest BCUT2D eigenvalue weighted by molar-refractivity contribution is 0.254. The fourth-order valence-corrected chi connectivity index (χ4v) is 6.56. The van der Waals surface area contributed by atoms with E-state index in [0.29, 0.717) is 6.04 Å². The summed E-state index contributed by atoms with van der Waals surface area (Å²) >= 11 is 1.89. The zero-order valence-corrected chi connectivity index (χ0v) is 20.2. The highest BCUT2D eigenvalue weighted by molar-refractivity contribution is 8.14. The summed E-state index contributed by atoms with van der Waals surface area (Å²) in [6.07, 6.45) is 3.00. The molecule has 1 saturated heterocycles. The maximum Gasteiger partial charge on any atom is 0.160 e. The molecule has 2 aliphatic rings. The van der Waals surface area contributed by atoms with E-state index in [0.717, 1.165) is 29.3 Å². The van der Waals surface area contributed by atoms with Gasteiger partial charge < -0.3 is 14.2 Å². The number of nitrogens with zero attached hydrogens (tertiary/aromatic N) is 4. The summed E-state index contributed by atoms with van der Waals surface area (Å²) in [5.74, 6) is 1.98. The van der Waals surface area contributed by atoms with E-state index in [9.17, 15) is 0 Å². The highest BCUT2D eigenvalue weighted by Gasteiger charge is 2.47. The van der Waals surface area contributed by atoms with Gasteiger partial charge in [-0.05, 0) is 69.2 Å². The Hall–Kier alpha value is -2.73. The van der Waals surface area contributed by atoms with E-state index in [-0.39, 0.29) is 12.1 Å². The smallest absolute Gasteiger partial charge is 0.160 e. The molecule has 3 aromatic rings. The Labute approximate surface area is 194 Å². The molecule has 0 aliphatic carbocycles. The van der Waals surface area contributed by atoms with Gasteiger partial charge in [0.1, 0.15) is 11.8 Å². The number of ether oxygens (including phenoxy) is 1. The van der Waals surface area contributed by atoms with Gasteiger partial charge in [-0.3, -0.25) is 9.98 Å². The molecule has 5 rings (SSSR count). The van der Waals surface area contributed by atoms with Crippen LogP contribution < -0.4 is 4.74 Å². The number of aromatic nitrogens is 2. The molecule has 0 saturated carbocycles. The van der Waals surface area contributed by atoms with E-state index >= 15 is 0 Å². The molecular weight excluding hydrogens is 416 g/mol. The van der Waals surface area contributed by atoms with Crippen molar-refractivity contribution in [1.29, 1.82) is 0 Å². The van der Waals surface area contributed by atoms with Crippen LogP contribution in [0.4, 0.5) is 0 Å². The summed E-state index contributed by atoms with van der Waals surface area (Å²) in [5, 5.41) is 1.17. The van der Waals surface area contributed by atoms with Crippen LogP contribution in [-0.4, -0.2) is 38.5 Å². The molecule has 0 amide bonds. The average Bonchev–Trinajstić information content (AvgIpc) is 3.46. The second kappa shape index (κ2) is 8.32. The normalized spacial score (nSPS) is 22.2. The molecule has 2 aromatic heterocycles. The molecule has 166 valence electrons. The number of thioether (sulfide) groups is 1. The molecule has 0 N–H and O–H groups in total. The van der Waals surface area contributed by atoms with Gasteiger partial charge in [0.2, 0.25) is 0 Å². The topological polar surface area (TPSA) is 42.6 Å². The summed E-state index contributed by atoms with van der Waals surface area (Å²) < 4.78 is 7.75. The minimum absolute atomic E-state index is 0.0107. The number of hydrogen-bond acceptors (Lipinski definition) is 5. The Morgan fingerprint density at radius 1 is 1.06 bits per heavy atom. The van der Waals surface area contributed by atoms with E-state index in [4.69, 9.17) is 14.7 Å². The summed E-state index contributed by atoms with van der Waals surface area (Å²) in [6.45, 7) is 9.01. The van der Waals surface area contributed by atoms with Gasteiger partial charge in [0, 0.05) is 40.6 Å². The highest BCUT2D eigenvalue weighted by atomic mass is 32.2. The predicted octanol–water partition coefficient (Wildman–Crippen LogP) is 5.79. The number of aliphatic imine (C=N–C) groups is 1. The largest absolute Gasteiger partial charge is 0.497 e. The summed E-state index contributed by atoms with van der Waals surface area (Å²) in [6, 6.07) is 15.2. The van der Waals surface area contributed by atoms with Crippen LogP contribution in [0.5, 0.6) is 5.75 Å². The van der Waals surface area contributed by atoms with Crippen molar-refractivity contribution in [2.45, 2.75) is 52.2 Å². The Balaban J connectivity index is 1.66. The molecule has 4 heterocycles. The number of rotatable bonds is 5. The van der Waals surface area contributed by atoms with Crippen molar-refractivity contribution in [1.82, 2.24) is 14.5 Å². The molecule has 1 fully saturated rings. The first-order valence-electron chi connectivity index (χ1n) is 11.3. The Morgan fingerprint density at radius 2 is 1.84 bits per heavy atom. The van der Waals surface area contributed by atoms with Crippen molar-refractivity contribution in [2.75, 3.05) is 12.9 Å². The zero-order chi connectivity index (χ0) is 22.4. The summed E-state index contributed by atoms with van der Waals surface area (Å²) in [7, 11) is 1.71. The van der Waals surface area contributed by atoms with Gasteiger partial charge in [0.25, 0.3) is 0 Å². The quantitative estimate of drug-likeness (QED) is 0.498. The Morgan fingerprint density at radius 3 is 2.50 bits per heavy atom. The van der Waals surface area contributed by atoms with E-state index in [1.165, 1.54) is 27.7 Å². The molecule has 32 heavy (non-hydrogen) atoms. The number of hydrogen-bond donors (Lipinski definition) is 0. The third-order valence-corrected chi connectivity index (χ3v) is 8.09. The second-order valence-corrected chi connectivity index (χ2v) is 9.57. The minimum Gasteiger partial charge on any atom is -0.497 e. The van der Waals surface area contributed by atoms with E-state index in [2.05, 4.69) is 61.4 Å². The van der Waals surface area contributed by atoms with Crippen LogP contribution in [0.25, 0.3) is 5.69 Å². The summed E-state index contributed by atoms with van der Waals surface area (Å²) in [4.78, 5) is 12.5. The van der Waals surface area contributed by atoms with E-state index in [1.807, 2.05) is 36.2 Å². The molecule has 0 radical (unpaired) electrons. The van der Waals surface area contributed by atoms with Crippen LogP contribution in [0.3, 0.4) is 0 Å². The predicted molar refractivity (Wildman–Crippen MR) is 132 cm³/mol. The van der Waals surface area contributed by atoms with Crippen LogP contribution >= 0.6 is 11.8 Å². The van der Waals surface area contributed by atoms with Gasteiger partial charge in [-0.2, -0.15) is 0 Å². The number of amidine groups is 1. The van der Waals surface area contributed by atoms with Gasteiger partial charge in [-0.15, -0.1) is 0 Å². The van der Waals surface area contributed by atoms with Gasteiger partial charge in [0.15, 0.2) is 5.17 Å². The first-order chi connectivity index (χ1) is 15.5. The molecule has 0 bridgehead atoms. The molecule has 3 atom stereocenters. The molecule has 6 heteroatoms. The lowest BCUT2D eigenvalue weighted by Crippen LogP contribution is -2.35. The highest BCUT2D eigenvalue weighted by Crippen LogP contribution is 2.50. The number of pyridine rings is 1. The van der Waals surface area contributed by atoms with Crippen molar-refractivity contribution in [2.24, 2.45) is 4.99 Å². The standard InChI is InChI=1S/C26H30N4OS/c1-6-19-15-32-26-28-24(22-9-7-8-14-27-22)25(30(19)26)23-16(2)17(3)29(18(23)4)20-10-12-21(31-5)13-11-20/h7-14,19,24-25H,6,15H2,1-5H3/t19-,24-,25-/m1/s1. The van der Waals surface area contributed by atoms with Crippen LogP contribution in [0, 0.1) is 20.8 Å². The van der Waals surface area contributed by atoms with Gasteiger partial charge in [-0.25, -0.2) is 0 Å². The van der Waals surface area contributed by atoms with Crippen molar-refractivity contribution < 1.29 is 4.74 Å². The average molecular weight is 447 g/mol. The molecule has 5 nitrogen and oxygen atoms in total.